The first-order chi connectivity index (χ1) is 13.1. The summed E-state index contributed by atoms with van der Waals surface area (Å²) >= 11 is 0. The Morgan fingerprint density at radius 2 is 2.07 bits per heavy atom. The van der Waals surface area contributed by atoms with Gasteiger partial charge in [-0.05, 0) is 37.3 Å². The van der Waals surface area contributed by atoms with E-state index in [2.05, 4.69) is 9.88 Å². The molecule has 3 heterocycles. The number of aryl methyl sites for hydroxylation is 1. The van der Waals surface area contributed by atoms with E-state index in [1.54, 1.807) is 4.57 Å². The van der Waals surface area contributed by atoms with Crippen LogP contribution in [0.5, 0.6) is 0 Å². The number of fused-ring (bicyclic) bond motifs is 1. The standard InChI is InChI=1S/C21H29N3O3/c1-2-19-22-18-6-4-3-5-17(18)20(25)24(19)15-21(26)8-10-23(11-9-21)13-16-7-12-27-14-16/h3-6,16,26H,2,7-15H2,1H3/t16-/m0/s1. The van der Waals surface area contributed by atoms with Crippen LogP contribution < -0.4 is 5.56 Å². The third-order valence-corrected chi connectivity index (χ3v) is 6.04. The second kappa shape index (κ2) is 7.70. The van der Waals surface area contributed by atoms with E-state index in [1.807, 2.05) is 31.2 Å². The zero-order valence-corrected chi connectivity index (χ0v) is 16.1. The zero-order chi connectivity index (χ0) is 18.9. The van der Waals surface area contributed by atoms with E-state index in [0.717, 1.165) is 50.6 Å². The number of hydrogen-bond donors (Lipinski definition) is 1. The van der Waals surface area contributed by atoms with Gasteiger partial charge in [0.15, 0.2) is 0 Å². The average Bonchev–Trinajstić information content (AvgIpc) is 3.19. The Hall–Kier alpha value is -1.76. The molecule has 146 valence electrons. The Labute approximate surface area is 159 Å². The Bertz CT molecular complexity index is 849. The predicted molar refractivity (Wildman–Crippen MR) is 105 cm³/mol. The van der Waals surface area contributed by atoms with Gasteiger partial charge in [-0.1, -0.05) is 19.1 Å². The van der Waals surface area contributed by atoms with Crippen molar-refractivity contribution in [2.24, 2.45) is 5.92 Å². The maximum atomic E-state index is 13.0. The van der Waals surface area contributed by atoms with Crippen LogP contribution in [0.1, 0.15) is 32.0 Å². The van der Waals surface area contributed by atoms with E-state index in [-0.39, 0.29) is 5.56 Å². The van der Waals surface area contributed by atoms with Crippen molar-refractivity contribution in [2.75, 3.05) is 32.8 Å². The molecule has 1 aromatic heterocycles. The zero-order valence-electron chi connectivity index (χ0n) is 16.1. The van der Waals surface area contributed by atoms with Gasteiger partial charge in [0.05, 0.1) is 29.7 Å². The van der Waals surface area contributed by atoms with Crippen molar-refractivity contribution in [3.8, 4) is 0 Å². The molecule has 6 heteroatoms. The number of rotatable bonds is 5. The van der Waals surface area contributed by atoms with E-state index < -0.39 is 5.60 Å². The second-order valence-electron chi connectivity index (χ2n) is 8.04. The monoisotopic (exact) mass is 371 g/mol. The fourth-order valence-corrected chi connectivity index (χ4v) is 4.34. The van der Waals surface area contributed by atoms with Gasteiger partial charge in [0.2, 0.25) is 0 Å². The lowest BCUT2D eigenvalue weighted by atomic mass is 9.90. The molecule has 6 nitrogen and oxygen atoms in total. The Balaban J connectivity index is 1.50. The number of likely N-dealkylation sites (tertiary alicyclic amines) is 1. The predicted octanol–water partition coefficient (Wildman–Crippen LogP) is 1.82. The van der Waals surface area contributed by atoms with E-state index in [9.17, 15) is 9.90 Å². The normalized spacial score (nSPS) is 23.1. The number of benzene rings is 1. The minimum absolute atomic E-state index is 0.0450. The lowest BCUT2D eigenvalue weighted by Crippen LogP contribution is -2.49. The first kappa shape index (κ1) is 18.6. The molecule has 4 rings (SSSR count). The first-order valence-corrected chi connectivity index (χ1v) is 10.1. The lowest BCUT2D eigenvalue weighted by molar-refractivity contribution is -0.0379. The second-order valence-corrected chi connectivity index (χ2v) is 8.04. The van der Waals surface area contributed by atoms with Gasteiger partial charge in [-0.15, -0.1) is 0 Å². The largest absolute Gasteiger partial charge is 0.388 e. The summed E-state index contributed by atoms with van der Waals surface area (Å²) in [4.78, 5) is 20.1. The van der Waals surface area contributed by atoms with E-state index >= 15 is 0 Å². The van der Waals surface area contributed by atoms with Crippen LogP contribution in [0.4, 0.5) is 0 Å². The maximum Gasteiger partial charge on any atom is 0.261 e. The highest BCUT2D eigenvalue weighted by atomic mass is 16.5. The Morgan fingerprint density at radius 1 is 1.30 bits per heavy atom. The van der Waals surface area contributed by atoms with E-state index in [1.165, 1.54) is 0 Å². The number of hydrogen-bond acceptors (Lipinski definition) is 5. The van der Waals surface area contributed by atoms with Gasteiger partial charge in [0.1, 0.15) is 5.82 Å². The Morgan fingerprint density at radius 3 is 2.78 bits per heavy atom. The molecular formula is C21H29N3O3. The summed E-state index contributed by atoms with van der Waals surface area (Å²) in [5, 5.41) is 11.8. The fourth-order valence-electron chi connectivity index (χ4n) is 4.34. The molecule has 0 aliphatic carbocycles. The van der Waals surface area contributed by atoms with Gasteiger partial charge in [-0.2, -0.15) is 0 Å². The third-order valence-electron chi connectivity index (χ3n) is 6.04. The van der Waals surface area contributed by atoms with Gasteiger partial charge in [0.25, 0.3) is 5.56 Å². The molecule has 0 spiro atoms. The Kier molecular flexibility index (Phi) is 5.30. The number of nitrogens with zero attached hydrogens (tertiary/aromatic N) is 3. The van der Waals surface area contributed by atoms with Gasteiger partial charge >= 0.3 is 0 Å². The highest BCUT2D eigenvalue weighted by molar-refractivity contribution is 5.77. The number of para-hydroxylation sites is 1. The van der Waals surface area contributed by atoms with Gasteiger partial charge in [0, 0.05) is 32.7 Å². The van der Waals surface area contributed by atoms with Crippen molar-refractivity contribution in [2.45, 2.75) is 44.8 Å². The first-order valence-electron chi connectivity index (χ1n) is 10.1. The van der Waals surface area contributed by atoms with Gasteiger partial charge in [-0.25, -0.2) is 4.98 Å². The summed E-state index contributed by atoms with van der Waals surface area (Å²) in [5.41, 5.74) is -0.159. The molecule has 2 aromatic rings. The van der Waals surface area contributed by atoms with Crippen molar-refractivity contribution in [1.82, 2.24) is 14.5 Å². The smallest absolute Gasteiger partial charge is 0.261 e. The van der Waals surface area contributed by atoms with Crippen molar-refractivity contribution < 1.29 is 9.84 Å². The van der Waals surface area contributed by atoms with Crippen molar-refractivity contribution in [3.63, 3.8) is 0 Å². The summed E-state index contributed by atoms with van der Waals surface area (Å²) in [5.74, 6) is 1.37. The highest BCUT2D eigenvalue weighted by Crippen LogP contribution is 2.26. The van der Waals surface area contributed by atoms with Crippen LogP contribution in [0.3, 0.4) is 0 Å². The molecular weight excluding hydrogens is 342 g/mol. The molecule has 2 aliphatic heterocycles. The minimum atomic E-state index is -0.847. The number of piperidine rings is 1. The molecule has 0 saturated carbocycles. The summed E-state index contributed by atoms with van der Waals surface area (Å²) < 4.78 is 7.17. The lowest BCUT2D eigenvalue weighted by Gasteiger charge is -2.39. The van der Waals surface area contributed by atoms with E-state index in [4.69, 9.17) is 4.74 Å². The number of ether oxygens (including phenoxy) is 1. The fraction of sp³-hybridized carbons (Fsp3) is 0.619. The summed E-state index contributed by atoms with van der Waals surface area (Å²) in [6.45, 7) is 6.84. The van der Waals surface area contributed by atoms with Crippen LogP contribution >= 0.6 is 0 Å². The third kappa shape index (κ3) is 3.93. The SMILES string of the molecule is CCc1nc2ccccc2c(=O)n1CC1(O)CCN(C[C@@H]2CCOC2)CC1. The molecule has 1 N–H and O–H groups in total. The van der Waals surface area contributed by atoms with Crippen LogP contribution in [0.15, 0.2) is 29.1 Å². The van der Waals surface area contributed by atoms with Crippen molar-refractivity contribution >= 4 is 10.9 Å². The average molecular weight is 371 g/mol. The molecule has 1 atom stereocenters. The summed E-state index contributed by atoms with van der Waals surface area (Å²) in [7, 11) is 0. The van der Waals surface area contributed by atoms with Crippen LogP contribution in [0.25, 0.3) is 10.9 Å². The highest BCUT2D eigenvalue weighted by Gasteiger charge is 2.34. The molecule has 27 heavy (non-hydrogen) atoms. The van der Waals surface area contributed by atoms with Gasteiger partial charge in [-0.3, -0.25) is 9.36 Å². The van der Waals surface area contributed by atoms with Crippen LogP contribution in [0, 0.1) is 5.92 Å². The summed E-state index contributed by atoms with van der Waals surface area (Å²) in [6, 6.07) is 7.45. The minimum Gasteiger partial charge on any atom is -0.388 e. The van der Waals surface area contributed by atoms with Crippen LogP contribution in [-0.4, -0.2) is 58.0 Å². The number of aliphatic hydroxyl groups is 1. The van der Waals surface area contributed by atoms with Crippen molar-refractivity contribution in [3.05, 3.63) is 40.4 Å². The van der Waals surface area contributed by atoms with Crippen LogP contribution in [0.2, 0.25) is 0 Å². The molecule has 0 unspecified atom stereocenters. The van der Waals surface area contributed by atoms with Gasteiger partial charge < -0.3 is 14.7 Å². The van der Waals surface area contributed by atoms with Crippen molar-refractivity contribution in [1.29, 1.82) is 0 Å². The topological polar surface area (TPSA) is 67.6 Å². The molecule has 1 aromatic carbocycles. The van der Waals surface area contributed by atoms with Crippen LogP contribution in [-0.2, 0) is 17.7 Å². The quantitative estimate of drug-likeness (QED) is 0.868. The molecule has 0 radical (unpaired) electrons. The number of aromatic nitrogens is 2. The van der Waals surface area contributed by atoms with E-state index in [0.29, 0.717) is 37.1 Å². The molecule has 0 bridgehead atoms. The molecule has 2 fully saturated rings. The maximum absolute atomic E-state index is 13.0. The molecule has 2 saturated heterocycles. The molecule has 2 aliphatic rings. The summed E-state index contributed by atoms with van der Waals surface area (Å²) in [6.07, 6.45) is 3.18. The molecule has 0 amide bonds.